The topological polar surface area (TPSA) is 69.6 Å². The SMILES string of the molecule is C=Nc1c(C(=C)N)sc(=O)n1CCC(CCC)OC. The van der Waals surface area contributed by atoms with E-state index in [-0.39, 0.29) is 11.0 Å². The van der Waals surface area contributed by atoms with Crippen molar-refractivity contribution in [1.82, 2.24) is 4.57 Å². The van der Waals surface area contributed by atoms with E-state index in [0.29, 0.717) is 22.9 Å². The number of aliphatic imine (C=N–C) groups is 1. The van der Waals surface area contributed by atoms with Crippen molar-refractivity contribution in [3.05, 3.63) is 21.1 Å². The normalized spacial score (nSPS) is 12.3. The van der Waals surface area contributed by atoms with Crippen LogP contribution < -0.4 is 10.6 Å². The van der Waals surface area contributed by atoms with Crippen molar-refractivity contribution in [2.45, 2.75) is 38.8 Å². The number of methoxy groups -OCH3 is 1. The van der Waals surface area contributed by atoms with Crippen molar-refractivity contribution in [3.8, 4) is 0 Å². The van der Waals surface area contributed by atoms with Gasteiger partial charge in [-0.25, -0.2) is 4.99 Å². The van der Waals surface area contributed by atoms with Crippen LogP contribution in [0.4, 0.5) is 5.82 Å². The Bertz CT molecular complexity index is 504. The van der Waals surface area contributed by atoms with Gasteiger partial charge in [0.15, 0.2) is 5.82 Å². The van der Waals surface area contributed by atoms with E-state index in [0.717, 1.165) is 30.6 Å². The lowest BCUT2D eigenvalue weighted by molar-refractivity contribution is 0.0835. The predicted octanol–water partition coefficient (Wildman–Crippen LogP) is 2.38. The molecule has 1 aromatic rings. The molecule has 0 radical (unpaired) electrons. The highest BCUT2D eigenvalue weighted by Gasteiger charge is 2.16. The lowest BCUT2D eigenvalue weighted by atomic mass is 10.1. The molecule has 2 N–H and O–H groups in total. The second kappa shape index (κ2) is 7.25. The van der Waals surface area contributed by atoms with Crippen LogP contribution >= 0.6 is 11.3 Å². The molecule has 1 aromatic heterocycles. The zero-order valence-corrected chi connectivity index (χ0v) is 12.3. The van der Waals surface area contributed by atoms with E-state index in [2.05, 4.69) is 25.2 Å². The summed E-state index contributed by atoms with van der Waals surface area (Å²) < 4.78 is 6.97. The lowest BCUT2D eigenvalue weighted by Gasteiger charge is -2.14. The quantitative estimate of drug-likeness (QED) is 0.745. The molecule has 106 valence electrons. The summed E-state index contributed by atoms with van der Waals surface area (Å²) in [5.74, 6) is 0.508. The summed E-state index contributed by atoms with van der Waals surface area (Å²) >= 11 is 1.05. The number of ether oxygens (including phenoxy) is 1. The van der Waals surface area contributed by atoms with Gasteiger partial charge in [-0.15, -0.1) is 0 Å². The van der Waals surface area contributed by atoms with Gasteiger partial charge in [-0.05, 0) is 19.6 Å². The summed E-state index contributed by atoms with van der Waals surface area (Å²) in [6, 6.07) is 0. The molecule has 0 aliphatic carbocycles. The van der Waals surface area contributed by atoms with Crippen molar-refractivity contribution in [1.29, 1.82) is 0 Å². The van der Waals surface area contributed by atoms with Gasteiger partial charge < -0.3 is 10.5 Å². The zero-order chi connectivity index (χ0) is 14.4. The summed E-state index contributed by atoms with van der Waals surface area (Å²) in [6.07, 6.45) is 2.94. The Hall–Kier alpha value is -1.40. The Morgan fingerprint density at radius 3 is 2.74 bits per heavy atom. The summed E-state index contributed by atoms with van der Waals surface area (Å²) in [4.78, 5) is 16.4. The first-order valence-electron chi connectivity index (χ1n) is 6.23. The molecule has 0 amide bonds. The zero-order valence-electron chi connectivity index (χ0n) is 11.5. The second-order valence-electron chi connectivity index (χ2n) is 4.29. The number of hydrogen-bond acceptors (Lipinski definition) is 5. The predicted molar refractivity (Wildman–Crippen MR) is 81.3 cm³/mol. The maximum atomic E-state index is 11.9. The number of rotatable bonds is 8. The van der Waals surface area contributed by atoms with Gasteiger partial charge in [0.05, 0.1) is 11.0 Å². The first-order valence-corrected chi connectivity index (χ1v) is 7.04. The minimum absolute atomic E-state index is 0.0876. The number of aromatic nitrogens is 1. The number of hydrogen-bond donors (Lipinski definition) is 1. The van der Waals surface area contributed by atoms with Crippen LogP contribution in [0, 0.1) is 0 Å². The monoisotopic (exact) mass is 283 g/mol. The number of thiazole rings is 1. The van der Waals surface area contributed by atoms with Gasteiger partial charge >= 0.3 is 4.87 Å². The third-order valence-corrected chi connectivity index (χ3v) is 3.97. The maximum absolute atomic E-state index is 11.9. The van der Waals surface area contributed by atoms with E-state index in [1.165, 1.54) is 0 Å². The molecule has 1 rings (SSSR count). The van der Waals surface area contributed by atoms with Crippen molar-refractivity contribution in [2.24, 2.45) is 10.7 Å². The fourth-order valence-corrected chi connectivity index (χ4v) is 2.80. The van der Waals surface area contributed by atoms with E-state index in [1.54, 1.807) is 11.7 Å². The smallest absolute Gasteiger partial charge is 0.309 e. The summed E-state index contributed by atoms with van der Waals surface area (Å²) in [5.41, 5.74) is 6.00. The Balaban J connectivity index is 2.92. The van der Waals surface area contributed by atoms with E-state index < -0.39 is 0 Å². The van der Waals surface area contributed by atoms with Gasteiger partial charge in [0.25, 0.3) is 0 Å². The average Bonchev–Trinajstić information content (AvgIpc) is 2.71. The first-order chi connectivity index (χ1) is 9.04. The van der Waals surface area contributed by atoms with Crippen molar-refractivity contribution >= 4 is 29.6 Å². The minimum Gasteiger partial charge on any atom is -0.398 e. The molecule has 1 heterocycles. The van der Waals surface area contributed by atoms with E-state index in [1.807, 2.05) is 0 Å². The molecule has 1 unspecified atom stereocenters. The fourth-order valence-electron chi connectivity index (χ4n) is 1.94. The Labute approximate surface area is 117 Å². The van der Waals surface area contributed by atoms with Crippen LogP contribution in [-0.2, 0) is 11.3 Å². The van der Waals surface area contributed by atoms with Crippen LogP contribution in [-0.4, -0.2) is 24.5 Å². The fraction of sp³-hybridized carbons (Fsp3) is 0.538. The first kappa shape index (κ1) is 15.7. The molecule has 0 aromatic carbocycles. The van der Waals surface area contributed by atoms with E-state index in [9.17, 15) is 4.79 Å². The molecule has 0 aliphatic heterocycles. The van der Waals surface area contributed by atoms with E-state index in [4.69, 9.17) is 10.5 Å². The summed E-state index contributed by atoms with van der Waals surface area (Å²) in [5, 5.41) is 0. The number of nitrogens with two attached hydrogens (primary N) is 1. The van der Waals surface area contributed by atoms with Crippen molar-refractivity contribution < 1.29 is 4.74 Å². The van der Waals surface area contributed by atoms with Crippen LogP contribution in [0.15, 0.2) is 16.4 Å². The molecule has 1 atom stereocenters. The molecule has 0 saturated carbocycles. The lowest BCUT2D eigenvalue weighted by Crippen LogP contribution is -2.19. The van der Waals surface area contributed by atoms with Gasteiger partial charge in [0.1, 0.15) is 0 Å². The largest absolute Gasteiger partial charge is 0.398 e. The molecule has 19 heavy (non-hydrogen) atoms. The Morgan fingerprint density at radius 2 is 2.26 bits per heavy atom. The van der Waals surface area contributed by atoms with Gasteiger partial charge in [-0.3, -0.25) is 9.36 Å². The van der Waals surface area contributed by atoms with Gasteiger partial charge in [0, 0.05) is 19.4 Å². The molecule has 0 spiro atoms. The van der Waals surface area contributed by atoms with Crippen LogP contribution in [0.1, 0.15) is 31.1 Å². The molecule has 0 bridgehead atoms. The van der Waals surface area contributed by atoms with Crippen LogP contribution in [0.2, 0.25) is 0 Å². The van der Waals surface area contributed by atoms with Crippen molar-refractivity contribution in [3.63, 3.8) is 0 Å². The summed E-state index contributed by atoms with van der Waals surface area (Å²) in [7, 11) is 1.69. The average molecular weight is 283 g/mol. The van der Waals surface area contributed by atoms with E-state index >= 15 is 0 Å². The highest BCUT2D eigenvalue weighted by Crippen LogP contribution is 2.26. The third-order valence-electron chi connectivity index (χ3n) is 2.93. The van der Waals surface area contributed by atoms with Crippen molar-refractivity contribution in [2.75, 3.05) is 7.11 Å². The Kier molecular flexibility index (Phi) is 5.98. The third kappa shape index (κ3) is 3.78. The maximum Gasteiger partial charge on any atom is 0.309 e. The molecular weight excluding hydrogens is 262 g/mol. The molecule has 0 aliphatic rings. The van der Waals surface area contributed by atoms with Gasteiger partial charge in [-0.2, -0.15) is 0 Å². The Morgan fingerprint density at radius 1 is 1.58 bits per heavy atom. The highest BCUT2D eigenvalue weighted by molar-refractivity contribution is 7.11. The molecule has 0 saturated heterocycles. The minimum atomic E-state index is -0.0876. The molecule has 0 fully saturated rings. The highest BCUT2D eigenvalue weighted by atomic mass is 32.1. The van der Waals surface area contributed by atoms with Crippen LogP contribution in [0.5, 0.6) is 0 Å². The molecule has 5 nitrogen and oxygen atoms in total. The standard InChI is InChI=1S/C13H21N3O2S/c1-5-6-10(18-4)7-8-16-12(15-3)11(9(2)14)19-13(16)17/h10H,2-3,5-8,14H2,1,4H3. The van der Waals surface area contributed by atoms with Gasteiger partial charge in [-0.1, -0.05) is 31.3 Å². The van der Waals surface area contributed by atoms with Gasteiger partial charge in [0.2, 0.25) is 0 Å². The molecule has 6 heteroatoms. The number of nitrogens with zero attached hydrogens (tertiary/aromatic N) is 2. The molecular formula is C13H21N3O2S. The second-order valence-corrected chi connectivity index (χ2v) is 5.25. The summed E-state index contributed by atoms with van der Waals surface area (Å²) in [6.45, 7) is 9.81. The van der Waals surface area contributed by atoms with Crippen LogP contribution in [0.25, 0.3) is 5.70 Å². The van der Waals surface area contributed by atoms with Crippen LogP contribution in [0.3, 0.4) is 0 Å².